The molecule has 0 atom stereocenters. The second kappa shape index (κ2) is 9.82. The summed E-state index contributed by atoms with van der Waals surface area (Å²) in [6.07, 6.45) is 0.493. The van der Waals surface area contributed by atoms with Crippen molar-refractivity contribution in [2.45, 2.75) is 17.9 Å². The maximum atomic E-state index is 12.2. The van der Waals surface area contributed by atoms with E-state index >= 15 is 0 Å². The fourth-order valence-corrected chi connectivity index (χ4v) is 3.80. The maximum Gasteiger partial charge on any atom is 0.191 e. The molecule has 2 aromatic rings. The Kier molecular flexibility index (Phi) is 7.47. The molecule has 0 aromatic heterocycles. The van der Waals surface area contributed by atoms with Crippen molar-refractivity contribution in [2.24, 2.45) is 4.99 Å². The van der Waals surface area contributed by atoms with Gasteiger partial charge in [0.15, 0.2) is 15.8 Å². The molecule has 0 amide bonds. The Morgan fingerprint density at radius 2 is 1.73 bits per heavy atom. The minimum Gasteiger partial charge on any atom is -0.496 e. The zero-order chi connectivity index (χ0) is 18.8. The summed E-state index contributed by atoms with van der Waals surface area (Å²) in [4.78, 5) is 4.51. The number of rotatable bonds is 8. The molecule has 7 heteroatoms. The lowest BCUT2D eigenvalue weighted by Crippen LogP contribution is -2.37. The maximum absolute atomic E-state index is 12.2. The highest BCUT2D eigenvalue weighted by molar-refractivity contribution is 7.91. The molecule has 140 valence electrons. The Hall–Kier alpha value is -2.54. The summed E-state index contributed by atoms with van der Waals surface area (Å²) in [5.74, 6) is 1.52. The van der Waals surface area contributed by atoms with Crippen molar-refractivity contribution in [3.63, 3.8) is 0 Å². The highest BCUT2D eigenvalue weighted by Gasteiger charge is 2.13. The zero-order valence-electron chi connectivity index (χ0n) is 15.1. The number of para-hydroxylation sites is 1. The topological polar surface area (TPSA) is 79.8 Å². The second-order valence-corrected chi connectivity index (χ2v) is 7.76. The molecular formula is C19H25N3O3S. The van der Waals surface area contributed by atoms with Gasteiger partial charge < -0.3 is 15.4 Å². The largest absolute Gasteiger partial charge is 0.496 e. The predicted molar refractivity (Wildman–Crippen MR) is 104 cm³/mol. The van der Waals surface area contributed by atoms with E-state index in [9.17, 15) is 8.42 Å². The number of hydrogen-bond donors (Lipinski definition) is 2. The molecule has 0 aliphatic carbocycles. The van der Waals surface area contributed by atoms with Crippen LogP contribution < -0.4 is 15.4 Å². The van der Waals surface area contributed by atoms with Crippen LogP contribution in [0.4, 0.5) is 0 Å². The van der Waals surface area contributed by atoms with E-state index in [4.69, 9.17) is 4.74 Å². The molecule has 0 saturated heterocycles. The van der Waals surface area contributed by atoms with Crippen LogP contribution in [-0.2, 0) is 16.4 Å². The van der Waals surface area contributed by atoms with E-state index in [0.717, 1.165) is 11.3 Å². The summed E-state index contributed by atoms with van der Waals surface area (Å²) in [7, 11) is 0.0708. The van der Waals surface area contributed by atoms with Crippen molar-refractivity contribution in [3.8, 4) is 5.75 Å². The number of guanidine groups is 1. The smallest absolute Gasteiger partial charge is 0.191 e. The standard InChI is InChI=1S/C19H25N3O3S/c1-20-19(22-15-16-9-6-7-12-18(16)25-2)21-13-8-14-26(23,24)17-10-4-3-5-11-17/h3-7,9-12H,8,13-15H2,1-2H3,(H2,20,21,22). The van der Waals surface area contributed by atoms with E-state index in [0.29, 0.717) is 30.4 Å². The molecular weight excluding hydrogens is 350 g/mol. The van der Waals surface area contributed by atoms with E-state index in [-0.39, 0.29) is 5.75 Å². The first kappa shape index (κ1) is 19.8. The quantitative estimate of drug-likeness (QED) is 0.420. The fourth-order valence-electron chi connectivity index (χ4n) is 2.46. The molecule has 0 spiro atoms. The van der Waals surface area contributed by atoms with Crippen LogP contribution in [0, 0.1) is 0 Å². The van der Waals surface area contributed by atoms with Crippen LogP contribution >= 0.6 is 0 Å². The summed E-state index contributed by atoms with van der Waals surface area (Å²) >= 11 is 0. The van der Waals surface area contributed by atoms with Crippen LogP contribution in [0.15, 0.2) is 64.5 Å². The van der Waals surface area contributed by atoms with Gasteiger partial charge in [0.2, 0.25) is 0 Å². The number of nitrogens with one attached hydrogen (secondary N) is 2. The van der Waals surface area contributed by atoms with Gasteiger partial charge in [-0.25, -0.2) is 8.42 Å². The molecule has 6 nitrogen and oxygen atoms in total. The van der Waals surface area contributed by atoms with Crippen LogP contribution in [0.25, 0.3) is 0 Å². The third-order valence-electron chi connectivity index (χ3n) is 3.85. The van der Waals surface area contributed by atoms with Crippen molar-refractivity contribution < 1.29 is 13.2 Å². The molecule has 0 aliphatic heterocycles. The van der Waals surface area contributed by atoms with Gasteiger partial charge in [-0.15, -0.1) is 0 Å². The molecule has 2 aromatic carbocycles. The van der Waals surface area contributed by atoms with Crippen LogP contribution in [0.3, 0.4) is 0 Å². The highest BCUT2D eigenvalue weighted by atomic mass is 32.2. The second-order valence-electron chi connectivity index (χ2n) is 5.65. The van der Waals surface area contributed by atoms with E-state index in [1.807, 2.05) is 24.3 Å². The number of ether oxygens (including phenoxy) is 1. The Bertz CT molecular complexity index is 821. The van der Waals surface area contributed by atoms with Gasteiger partial charge in [-0.1, -0.05) is 36.4 Å². The SMILES string of the molecule is CN=C(NCCCS(=O)(=O)c1ccccc1)NCc1ccccc1OC. The Balaban J connectivity index is 1.79. The van der Waals surface area contributed by atoms with Crippen LogP contribution in [0.1, 0.15) is 12.0 Å². The van der Waals surface area contributed by atoms with Crippen LogP contribution in [0.2, 0.25) is 0 Å². The summed E-state index contributed by atoms with van der Waals surface area (Å²) in [5, 5.41) is 6.33. The van der Waals surface area contributed by atoms with Gasteiger partial charge in [0, 0.05) is 25.7 Å². The summed E-state index contributed by atoms with van der Waals surface area (Å²) in [6.45, 7) is 1.07. The van der Waals surface area contributed by atoms with Crippen molar-refractivity contribution in [2.75, 3.05) is 26.5 Å². The first-order valence-corrected chi connectivity index (χ1v) is 10.1. The molecule has 2 N–H and O–H groups in total. The minimum atomic E-state index is -3.25. The molecule has 0 saturated carbocycles. The molecule has 2 rings (SSSR count). The minimum absolute atomic E-state index is 0.0908. The molecule has 0 aliphatic rings. The average molecular weight is 375 g/mol. The lowest BCUT2D eigenvalue weighted by atomic mass is 10.2. The number of nitrogens with zero attached hydrogens (tertiary/aromatic N) is 1. The fraction of sp³-hybridized carbons (Fsp3) is 0.316. The first-order chi connectivity index (χ1) is 12.6. The van der Waals surface area contributed by atoms with E-state index in [2.05, 4.69) is 15.6 Å². The third kappa shape index (κ3) is 5.77. The van der Waals surface area contributed by atoms with Gasteiger partial charge in [-0.05, 0) is 24.6 Å². The number of sulfone groups is 1. The van der Waals surface area contributed by atoms with Crippen molar-refractivity contribution in [1.82, 2.24) is 10.6 Å². The van der Waals surface area contributed by atoms with E-state index in [1.165, 1.54) is 0 Å². The molecule has 0 fully saturated rings. The number of hydrogen-bond acceptors (Lipinski definition) is 4. The molecule has 0 bridgehead atoms. The van der Waals surface area contributed by atoms with Gasteiger partial charge in [-0.2, -0.15) is 0 Å². The Morgan fingerprint density at radius 1 is 1.04 bits per heavy atom. The highest BCUT2D eigenvalue weighted by Crippen LogP contribution is 2.16. The number of benzene rings is 2. The predicted octanol–water partition coefficient (Wildman–Crippen LogP) is 2.22. The van der Waals surface area contributed by atoms with Crippen LogP contribution in [-0.4, -0.2) is 40.8 Å². The summed E-state index contributed by atoms with van der Waals surface area (Å²) in [6, 6.07) is 16.3. The number of aliphatic imine (C=N–C) groups is 1. The van der Waals surface area contributed by atoms with Gasteiger partial charge >= 0.3 is 0 Å². The van der Waals surface area contributed by atoms with E-state index < -0.39 is 9.84 Å². The molecule has 0 radical (unpaired) electrons. The first-order valence-electron chi connectivity index (χ1n) is 8.41. The lowest BCUT2D eigenvalue weighted by Gasteiger charge is -2.13. The molecule has 0 heterocycles. The van der Waals surface area contributed by atoms with Crippen molar-refractivity contribution in [3.05, 3.63) is 60.2 Å². The Labute approximate surface area is 155 Å². The number of methoxy groups -OCH3 is 1. The Morgan fingerprint density at radius 3 is 2.42 bits per heavy atom. The zero-order valence-corrected chi connectivity index (χ0v) is 15.9. The van der Waals surface area contributed by atoms with Gasteiger partial charge in [0.25, 0.3) is 0 Å². The molecule has 0 unspecified atom stereocenters. The normalized spacial score (nSPS) is 11.8. The van der Waals surface area contributed by atoms with Gasteiger partial charge in [-0.3, -0.25) is 4.99 Å². The average Bonchev–Trinajstić information content (AvgIpc) is 2.68. The summed E-state index contributed by atoms with van der Waals surface area (Å²) < 4.78 is 29.8. The monoisotopic (exact) mass is 375 g/mol. The van der Waals surface area contributed by atoms with Crippen molar-refractivity contribution in [1.29, 1.82) is 0 Å². The lowest BCUT2D eigenvalue weighted by molar-refractivity contribution is 0.409. The van der Waals surface area contributed by atoms with E-state index in [1.54, 1.807) is 44.5 Å². The van der Waals surface area contributed by atoms with Crippen molar-refractivity contribution >= 4 is 15.8 Å². The van der Waals surface area contributed by atoms with Gasteiger partial charge in [0.05, 0.1) is 17.8 Å². The summed E-state index contributed by atoms with van der Waals surface area (Å²) in [5.41, 5.74) is 1.02. The molecule has 26 heavy (non-hydrogen) atoms. The third-order valence-corrected chi connectivity index (χ3v) is 5.66. The van der Waals surface area contributed by atoms with Crippen LogP contribution in [0.5, 0.6) is 5.75 Å². The van der Waals surface area contributed by atoms with Gasteiger partial charge in [0.1, 0.15) is 5.75 Å².